The Labute approximate surface area is 112 Å². The van der Waals surface area contributed by atoms with E-state index in [2.05, 4.69) is 29.8 Å². The SMILES string of the molecule is CC(C)CCCNc1c(NCCNC=O)c(=O)c1=O. The number of carbonyl (C=O) groups is 1. The minimum absolute atomic E-state index is 0.335. The van der Waals surface area contributed by atoms with Gasteiger partial charge in [-0.15, -0.1) is 0 Å². The molecule has 1 aromatic rings. The number of anilines is 2. The maximum atomic E-state index is 11.4. The Kier molecular flexibility index (Phi) is 6.05. The van der Waals surface area contributed by atoms with Crippen LogP contribution in [0.25, 0.3) is 0 Å². The molecule has 1 aromatic carbocycles. The molecule has 1 amide bonds. The predicted molar refractivity (Wildman–Crippen MR) is 76.5 cm³/mol. The molecule has 19 heavy (non-hydrogen) atoms. The van der Waals surface area contributed by atoms with Gasteiger partial charge in [0.1, 0.15) is 11.4 Å². The first-order valence-electron chi connectivity index (χ1n) is 6.56. The minimum atomic E-state index is -0.488. The average molecular weight is 267 g/mol. The Morgan fingerprint density at radius 1 is 1.00 bits per heavy atom. The predicted octanol–water partition coefficient (Wildman–Crippen LogP) is 0.289. The van der Waals surface area contributed by atoms with Crippen LogP contribution in [0.5, 0.6) is 0 Å². The van der Waals surface area contributed by atoms with E-state index in [1.165, 1.54) is 0 Å². The molecule has 0 bridgehead atoms. The molecule has 0 spiro atoms. The molecule has 0 heterocycles. The second-order valence-corrected chi connectivity index (χ2v) is 4.87. The number of rotatable bonds is 10. The van der Waals surface area contributed by atoms with Gasteiger partial charge in [0.05, 0.1) is 0 Å². The van der Waals surface area contributed by atoms with Crippen LogP contribution in [0, 0.1) is 5.92 Å². The quantitative estimate of drug-likeness (QED) is 0.322. The van der Waals surface area contributed by atoms with Gasteiger partial charge in [-0.3, -0.25) is 14.4 Å². The van der Waals surface area contributed by atoms with E-state index >= 15 is 0 Å². The smallest absolute Gasteiger partial charge is 0.253 e. The zero-order valence-electron chi connectivity index (χ0n) is 11.4. The third-order valence-corrected chi connectivity index (χ3v) is 2.82. The monoisotopic (exact) mass is 267 g/mol. The van der Waals surface area contributed by atoms with E-state index in [0.29, 0.717) is 43.3 Å². The van der Waals surface area contributed by atoms with Crippen molar-refractivity contribution in [2.45, 2.75) is 26.7 Å². The maximum Gasteiger partial charge on any atom is 0.253 e. The molecule has 0 fully saturated rings. The van der Waals surface area contributed by atoms with Crippen molar-refractivity contribution in [2.75, 3.05) is 30.3 Å². The number of hydrogen-bond acceptors (Lipinski definition) is 5. The first-order valence-corrected chi connectivity index (χ1v) is 6.56. The lowest BCUT2D eigenvalue weighted by atomic mass is 10.1. The van der Waals surface area contributed by atoms with E-state index in [-0.39, 0.29) is 0 Å². The van der Waals surface area contributed by atoms with Gasteiger partial charge in [0.25, 0.3) is 10.9 Å². The molecular weight excluding hydrogens is 246 g/mol. The van der Waals surface area contributed by atoms with Crippen LogP contribution in [0.15, 0.2) is 9.59 Å². The molecule has 0 aliphatic rings. The van der Waals surface area contributed by atoms with Crippen LogP contribution in [-0.2, 0) is 4.79 Å². The largest absolute Gasteiger partial charge is 0.380 e. The Morgan fingerprint density at radius 2 is 1.58 bits per heavy atom. The van der Waals surface area contributed by atoms with Gasteiger partial charge in [-0.25, -0.2) is 0 Å². The summed E-state index contributed by atoms with van der Waals surface area (Å²) in [5.74, 6) is 0.626. The molecule has 1 rings (SSSR count). The van der Waals surface area contributed by atoms with Crippen molar-refractivity contribution in [1.29, 1.82) is 0 Å². The molecule has 3 N–H and O–H groups in total. The molecule has 0 aliphatic heterocycles. The van der Waals surface area contributed by atoms with Crippen molar-refractivity contribution in [1.82, 2.24) is 5.32 Å². The van der Waals surface area contributed by atoms with Crippen LogP contribution in [0.3, 0.4) is 0 Å². The zero-order chi connectivity index (χ0) is 14.3. The van der Waals surface area contributed by atoms with Gasteiger partial charge in [0, 0.05) is 19.6 Å². The van der Waals surface area contributed by atoms with Gasteiger partial charge in [-0.1, -0.05) is 13.8 Å². The van der Waals surface area contributed by atoms with Crippen molar-refractivity contribution in [3.8, 4) is 0 Å². The highest BCUT2D eigenvalue weighted by atomic mass is 16.2. The standard InChI is InChI=1S/C13H21N3O3/c1-9(2)4-3-5-15-10-11(13(19)12(10)18)16-7-6-14-8-17/h8-9,15-16H,3-7H2,1-2H3,(H,14,17). The molecule has 0 radical (unpaired) electrons. The summed E-state index contributed by atoms with van der Waals surface area (Å²) in [7, 11) is 0. The summed E-state index contributed by atoms with van der Waals surface area (Å²) >= 11 is 0. The van der Waals surface area contributed by atoms with Crippen LogP contribution in [0.1, 0.15) is 26.7 Å². The number of nitrogens with one attached hydrogen (secondary N) is 3. The topological polar surface area (TPSA) is 87.3 Å². The lowest BCUT2D eigenvalue weighted by Crippen LogP contribution is -2.38. The van der Waals surface area contributed by atoms with Gasteiger partial charge in [-0.05, 0) is 18.8 Å². The van der Waals surface area contributed by atoms with Crippen LogP contribution in [0.4, 0.5) is 11.4 Å². The van der Waals surface area contributed by atoms with Crippen molar-refractivity contribution < 1.29 is 4.79 Å². The normalized spacial score (nSPS) is 10.7. The molecule has 0 saturated heterocycles. The van der Waals surface area contributed by atoms with E-state index in [9.17, 15) is 14.4 Å². The lowest BCUT2D eigenvalue weighted by molar-refractivity contribution is -0.109. The van der Waals surface area contributed by atoms with Crippen LogP contribution in [0.2, 0.25) is 0 Å². The number of carbonyl (C=O) groups excluding carboxylic acids is 1. The summed E-state index contributed by atoms with van der Waals surface area (Å²) in [5.41, 5.74) is -0.241. The van der Waals surface area contributed by atoms with Crippen molar-refractivity contribution in [3.63, 3.8) is 0 Å². The highest BCUT2D eigenvalue weighted by molar-refractivity contribution is 5.73. The molecule has 0 atom stereocenters. The summed E-state index contributed by atoms with van der Waals surface area (Å²) < 4.78 is 0. The van der Waals surface area contributed by atoms with Crippen LogP contribution in [-0.4, -0.2) is 26.0 Å². The fourth-order valence-corrected chi connectivity index (χ4v) is 1.77. The van der Waals surface area contributed by atoms with E-state index in [1.54, 1.807) is 0 Å². The van der Waals surface area contributed by atoms with Crippen molar-refractivity contribution in [3.05, 3.63) is 20.4 Å². The molecule has 0 saturated carbocycles. The van der Waals surface area contributed by atoms with Crippen molar-refractivity contribution in [2.24, 2.45) is 5.92 Å². The molecule has 0 unspecified atom stereocenters. The van der Waals surface area contributed by atoms with Gasteiger partial charge >= 0.3 is 0 Å². The molecule has 6 heteroatoms. The van der Waals surface area contributed by atoms with Crippen molar-refractivity contribution >= 4 is 17.8 Å². The van der Waals surface area contributed by atoms with Gasteiger partial charge in [0.15, 0.2) is 0 Å². The van der Waals surface area contributed by atoms with Gasteiger partial charge in [-0.2, -0.15) is 0 Å². The molecule has 0 aliphatic carbocycles. The fourth-order valence-electron chi connectivity index (χ4n) is 1.77. The summed E-state index contributed by atoms with van der Waals surface area (Å²) in [6.45, 7) is 5.80. The molecule has 6 nitrogen and oxygen atoms in total. The highest BCUT2D eigenvalue weighted by Gasteiger charge is 2.19. The Hall–Kier alpha value is -1.85. The Bertz CT molecular complexity index is 475. The second-order valence-electron chi connectivity index (χ2n) is 4.87. The molecular formula is C13H21N3O3. The summed E-state index contributed by atoms with van der Waals surface area (Å²) in [6.07, 6.45) is 2.63. The average Bonchev–Trinajstić information content (AvgIpc) is 2.39. The Balaban J connectivity index is 2.41. The summed E-state index contributed by atoms with van der Waals surface area (Å²) in [4.78, 5) is 32.8. The Morgan fingerprint density at radius 3 is 2.11 bits per heavy atom. The summed E-state index contributed by atoms with van der Waals surface area (Å²) in [5, 5.41) is 8.34. The zero-order valence-corrected chi connectivity index (χ0v) is 11.4. The molecule has 0 aromatic heterocycles. The van der Waals surface area contributed by atoms with Gasteiger partial charge in [0.2, 0.25) is 6.41 Å². The molecule has 106 valence electrons. The van der Waals surface area contributed by atoms with E-state index < -0.39 is 10.9 Å². The van der Waals surface area contributed by atoms with Crippen LogP contribution < -0.4 is 26.8 Å². The number of hydrogen-bond donors (Lipinski definition) is 3. The van der Waals surface area contributed by atoms with E-state index in [1.807, 2.05) is 0 Å². The fraction of sp³-hybridized carbons (Fsp3) is 0.615. The summed E-state index contributed by atoms with van der Waals surface area (Å²) in [6, 6.07) is 0. The van der Waals surface area contributed by atoms with E-state index in [0.717, 1.165) is 12.8 Å². The first-order chi connectivity index (χ1) is 9.07. The third-order valence-electron chi connectivity index (χ3n) is 2.82. The maximum absolute atomic E-state index is 11.4. The second kappa shape index (κ2) is 7.56. The lowest BCUT2D eigenvalue weighted by Gasteiger charge is -2.15. The van der Waals surface area contributed by atoms with Gasteiger partial charge < -0.3 is 16.0 Å². The minimum Gasteiger partial charge on any atom is -0.380 e. The third kappa shape index (κ3) is 4.39. The first kappa shape index (κ1) is 15.2. The van der Waals surface area contributed by atoms with E-state index in [4.69, 9.17) is 0 Å². The highest BCUT2D eigenvalue weighted by Crippen LogP contribution is 2.14. The number of amides is 1. The van der Waals surface area contributed by atoms with Crippen LogP contribution >= 0.6 is 0 Å².